The highest BCUT2D eigenvalue weighted by Gasteiger charge is 2.15. The zero-order valence-electron chi connectivity index (χ0n) is 17.4. The molecule has 156 valence electrons. The van der Waals surface area contributed by atoms with Crippen molar-refractivity contribution in [2.75, 3.05) is 18.4 Å². The summed E-state index contributed by atoms with van der Waals surface area (Å²) < 4.78 is 0. The molecule has 1 atom stereocenters. The van der Waals surface area contributed by atoms with Gasteiger partial charge in [-0.25, -0.2) is 4.98 Å². The molecule has 1 amide bonds. The number of quaternary nitrogens is 1. The first-order valence-corrected chi connectivity index (χ1v) is 10.4. The van der Waals surface area contributed by atoms with Crippen LogP contribution in [0, 0.1) is 0 Å². The summed E-state index contributed by atoms with van der Waals surface area (Å²) >= 11 is 0. The Balaban J connectivity index is 1.39. The van der Waals surface area contributed by atoms with Crippen molar-refractivity contribution in [1.29, 1.82) is 0 Å². The number of amides is 1. The lowest BCUT2D eigenvalue weighted by Gasteiger charge is -2.17. The summed E-state index contributed by atoms with van der Waals surface area (Å²) in [7, 11) is 0. The third kappa shape index (κ3) is 5.05. The van der Waals surface area contributed by atoms with Crippen molar-refractivity contribution in [2.24, 2.45) is 0 Å². The van der Waals surface area contributed by atoms with Gasteiger partial charge in [-0.2, -0.15) is 0 Å². The Morgan fingerprint density at radius 2 is 1.61 bits per heavy atom. The van der Waals surface area contributed by atoms with E-state index in [1.54, 1.807) is 6.07 Å². The predicted octanol–water partition coefficient (Wildman–Crippen LogP) is 2.63. The van der Waals surface area contributed by atoms with Gasteiger partial charge in [0.05, 0.1) is 17.4 Å². The van der Waals surface area contributed by atoms with Crippen LogP contribution in [0.4, 0.5) is 5.69 Å². The molecule has 3 N–H and O–H groups in total. The van der Waals surface area contributed by atoms with Gasteiger partial charge < -0.3 is 15.2 Å². The van der Waals surface area contributed by atoms with E-state index >= 15 is 0 Å². The summed E-state index contributed by atoms with van der Waals surface area (Å²) in [6, 6.07) is 25.2. The first kappa shape index (κ1) is 20.5. The first-order valence-electron chi connectivity index (χ1n) is 10.4. The highest BCUT2D eigenvalue weighted by Crippen LogP contribution is 2.20. The number of likely N-dealkylation sites (N-methyl/N-ethyl adjacent to an activating group) is 1. The third-order valence-corrected chi connectivity index (χ3v) is 5.27. The summed E-state index contributed by atoms with van der Waals surface area (Å²) in [5.74, 6) is 0.507. The molecule has 0 saturated heterocycles. The second-order valence-corrected chi connectivity index (χ2v) is 7.48. The Morgan fingerprint density at radius 1 is 0.935 bits per heavy atom. The van der Waals surface area contributed by atoms with E-state index in [1.807, 2.05) is 67.6 Å². The largest absolute Gasteiger partial charge is 0.321 e. The molecule has 0 spiro atoms. The molecule has 4 aromatic rings. The van der Waals surface area contributed by atoms with Crippen molar-refractivity contribution in [1.82, 2.24) is 9.97 Å². The molecule has 0 fully saturated rings. The molecule has 0 aliphatic rings. The highest BCUT2D eigenvalue weighted by molar-refractivity contribution is 5.91. The number of hydrogen-bond donors (Lipinski definition) is 3. The number of aromatic amines is 1. The number of H-pyrrole nitrogens is 1. The Kier molecular flexibility index (Phi) is 6.19. The molecule has 1 unspecified atom stereocenters. The number of benzene rings is 3. The van der Waals surface area contributed by atoms with Crippen LogP contribution in [0.2, 0.25) is 0 Å². The van der Waals surface area contributed by atoms with Crippen molar-refractivity contribution in [3.05, 3.63) is 95.0 Å². The Labute approximate surface area is 180 Å². The topological polar surface area (TPSA) is 79.3 Å². The van der Waals surface area contributed by atoms with Crippen LogP contribution in [0.5, 0.6) is 0 Å². The average molecular weight is 414 g/mol. The summed E-state index contributed by atoms with van der Waals surface area (Å²) in [5, 5.41) is 3.53. The molecule has 31 heavy (non-hydrogen) atoms. The lowest BCUT2D eigenvalue weighted by atomic mass is 10.1. The van der Waals surface area contributed by atoms with Gasteiger partial charge in [0.15, 0.2) is 12.4 Å². The molecule has 0 aliphatic heterocycles. The number of carbonyl (C=O) groups is 1. The van der Waals surface area contributed by atoms with Crippen LogP contribution in [-0.4, -0.2) is 29.0 Å². The fourth-order valence-electron chi connectivity index (χ4n) is 3.58. The maximum Gasteiger partial charge on any atom is 0.279 e. The number of anilines is 1. The molecule has 1 heterocycles. The van der Waals surface area contributed by atoms with Crippen LogP contribution in [0.1, 0.15) is 12.7 Å². The zero-order valence-corrected chi connectivity index (χ0v) is 17.4. The Hall–Kier alpha value is -3.77. The molecule has 6 nitrogen and oxygen atoms in total. The van der Waals surface area contributed by atoms with E-state index < -0.39 is 0 Å². The van der Waals surface area contributed by atoms with Gasteiger partial charge in [0.2, 0.25) is 0 Å². The monoisotopic (exact) mass is 413 g/mol. The normalized spacial score (nSPS) is 11.9. The van der Waals surface area contributed by atoms with Gasteiger partial charge in [0, 0.05) is 5.69 Å². The molecular weight excluding hydrogens is 388 g/mol. The van der Waals surface area contributed by atoms with Crippen LogP contribution in [-0.2, 0) is 11.3 Å². The molecule has 4 rings (SSSR count). The number of fused-ring (bicyclic) bond motifs is 1. The first-order chi connectivity index (χ1) is 15.1. The smallest absolute Gasteiger partial charge is 0.279 e. The van der Waals surface area contributed by atoms with Crippen molar-refractivity contribution < 1.29 is 9.69 Å². The Bertz CT molecular complexity index is 1230. The van der Waals surface area contributed by atoms with E-state index in [9.17, 15) is 9.59 Å². The van der Waals surface area contributed by atoms with Gasteiger partial charge in [-0.3, -0.25) is 9.59 Å². The van der Waals surface area contributed by atoms with Crippen LogP contribution in [0.3, 0.4) is 0 Å². The minimum Gasteiger partial charge on any atom is -0.321 e. The molecular formula is C25H25N4O2+. The van der Waals surface area contributed by atoms with Crippen LogP contribution < -0.4 is 15.8 Å². The molecule has 0 saturated carbocycles. The van der Waals surface area contributed by atoms with Gasteiger partial charge in [-0.1, -0.05) is 54.6 Å². The lowest BCUT2D eigenvalue weighted by molar-refractivity contribution is -0.904. The SMILES string of the molecule is CC[NH+](CC(=O)Nc1ccc(-c2ccccc2)cc1)Cc1nc2ccccc2c(=O)[nH]1. The van der Waals surface area contributed by atoms with E-state index in [-0.39, 0.29) is 18.0 Å². The van der Waals surface area contributed by atoms with Crippen LogP contribution in [0.15, 0.2) is 83.7 Å². The van der Waals surface area contributed by atoms with E-state index in [2.05, 4.69) is 27.4 Å². The average Bonchev–Trinajstić information content (AvgIpc) is 2.80. The van der Waals surface area contributed by atoms with Crippen molar-refractivity contribution in [2.45, 2.75) is 13.5 Å². The molecule has 0 bridgehead atoms. The van der Waals surface area contributed by atoms with E-state index in [0.717, 1.165) is 28.3 Å². The lowest BCUT2D eigenvalue weighted by Crippen LogP contribution is -3.11. The number of nitrogens with zero attached hydrogens (tertiary/aromatic N) is 1. The van der Waals surface area contributed by atoms with Gasteiger partial charge in [0.1, 0.15) is 6.54 Å². The minimum atomic E-state index is -0.154. The predicted molar refractivity (Wildman–Crippen MR) is 123 cm³/mol. The number of aromatic nitrogens is 2. The standard InChI is InChI=1S/C25H24N4O2/c1-2-29(16-23-27-22-11-7-6-10-21(22)25(31)28-23)17-24(30)26-20-14-12-19(13-15-20)18-8-4-3-5-9-18/h3-15H,2,16-17H2,1H3,(H,26,30)(H,27,28,31)/p+1. The second kappa shape index (κ2) is 9.36. The van der Waals surface area contributed by atoms with E-state index in [0.29, 0.717) is 23.3 Å². The quantitative estimate of drug-likeness (QED) is 0.436. The molecule has 6 heteroatoms. The molecule has 0 aliphatic carbocycles. The van der Waals surface area contributed by atoms with Crippen molar-refractivity contribution in [3.63, 3.8) is 0 Å². The summed E-state index contributed by atoms with van der Waals surface area (Å²) in [4.78, 5) is 33.3. The summed E-state index contributed by atoms with van der Waals surface area (Å²) in [5.41, 5.74) is 3.51. The molecule has 1 aromatic heterocycles. The number of rotatable bonds is 7. The van der Waals surface area contributed by atoms with Gasteiger partial charge in [-0.05, 0) is 42.3 Å². The molecule has 3 aromatic carbocycles. The summed E-state index contributed by atoms with van der Waals surface area (Å²) in [6.45, 7) is 3.50. The highest BCUT2D eigenvalue weighted by atomic mass is 16.2. The van der Waals surface area contributed by atoms with Gasteiger partial charge >= 0.3 is 0 Å². The van der Waals surface area contributed by atoms with Gasteiger partial charge in [0.25, 0.3) is 11.5 Å². The zero-order chi connectivity index (χ0) is 21.6. The second-order valence-electron chi connectivity index (χ2n) is 7.48. The Morgan fingerprint density at radius 3 is 2.35 bits per heavy atom. The van der Waals surface area contributed by atoms with Crippen LogP contribution in [0.25, 0.3) is 22.0 Å². The van der Waals surface area contributed by atoms with Gasteiger partial charge in [-0.15, -0.1) is 0 Å². The van der Waals surface area contributed by atoms with Crippen LogP contribution >= 0.6 is 0 Å². The van der Waals surface area contributed by atoms with Crippen molar-refractivity contribution in [3.8, 4) is 11.1 Å². The fraction of sp³-hybridized carbons (Fsp3) is 0.160. The van der Waals surface area contributed by atoms with E-state index in [1.165, 1.54) is 0 Å². The third-order valence-electron chi connectivity index (χ3n) is 5.27. The number of para-hydroxylation sites is 1. The van der Waals surface area contributed by atoms with Crippen molar-refractivity contribution >= 4 is 22.5 Å². The minimum absolute atomic E-state index is 0.0764. The van der Waals surface area contributed by atoms with E-state index in [4.69, 9.17) is 0 Å². The maximum atomic E-state index is 12.6. The fourth-order valence-corrected chi connectivity index (χ4v) is 3.58. The number of carbonyl (C=O) groups excluding carboxylic acids is 1. The number of nitrogens with one attached hydrogen (secondary N) is 3. The maximum absolute atomic E-state index is 12.6. The molecule has 0 radical (unpaired) electrons. The summed E-state index contributed by atoms with van der Waals surface area (Å²) in [6.07, 6.45) is 0. The number of hydrogen-bond acceptors (Lipinski definition) is 3.